The SMILES string of the molecule is CC(=O)Nc1ccc(C=CCO)cc1[N+](=O)[O-]. The lowest BCUT2D eigenvalue weighted by atomic mass is 10.1. The first-order valence-corrected chi connectivity index (χ1v) is 4.88. The molecular formula is C11H12N2O4. The maximum absolute atomic E-state index is 10.9. The molecule has 0 atom stereocenters. The minimum absolute atomic E-state index is 0.138. The molecule has 1 amide bonds. The molecule has 6 nitrogen and oxygen atoms in total. The molecule has 0 bridgehead atoms. The summed E-state index contributed by atoms with van der Waals surface area (Å²) >= 11 is 0. The number of benzene rings is 1. The van der Waals surface area contributed by atoms with Crippen molar-refractivity contribution in [2.75, 3.05) is 11.9 Å². The Labute approximate surface area is 97.7 Å². The van der Waals surface area contributed by atoms with E-state index in [0.717, 1.165) is 0 Å². The second-order valence-electron chi connectivity index (χ2n) is 3.30. The van der Waals surface area contributed by atoms with Gasteiger partial charge in [-0.2, -0.15) is 0 Å². The maximum atomic E-state index is 10.9. The fraction of sp³-hybridized carbons (Fsp3) is 0.182. The Hall–Kier alpha value is -2.21. The lowest BCUT2D eigenvalue weighted by Crippen LogP contribution is -2.08. The van der Waals surface area contributed by atoms with Crippen molar-refractivity contribution >= 4 is 23.4 Å². The molecule has 0 aromatic heterocycles. The summed E-state index contributed by atoms with van der Waals surface area (Å²) in [5, 5.41) is 21.8. The third-order valence-electron chi connectivity index (χ3n) is 1.94. The Morgan fingerprint density at radius 2 is 2.29 bits per heavy atom. The number of amides is 1. The molecule has 0 saturated heterocycles. The van der Waals surface area contributed by atoms with Gasteiger partial charge in [-0.05, 0) is 11.6 Å². The number of anilines is 1. The van der Waals surface area contributed by atoms with E-state index in [-0.39, 0.29) is 23.9 Å². The first-order chi connectivity index (χ1) is 8.04. The molecule has 2 N–H and O–H groups in total. The summed E-state index contributed by atoms with van der Waals surface area (Å²) in [4.78, 5) is 21.1. The highest BCUT2D eigenvalue weighted by Crippen LogP contribution is 2.26. The highest BCUT2D eigenvalue weighted by Gasteiger charge is 2.14. The second kappa shape index (κ2) is 5.76. The molecule has 17 heavy (non-hydrogen) atoms. The minimum Gasteiger partial charge on any atom is -0.392 e. The van der Waals surface area contributed by atoms with E-state index in [4.69, 9.17) is 5.11 Å². The monoisotopic (exact) mass is 236 g/mol. The molecule has 0 radical (unpaired) electrons. The molecule has 6 heteroatoms. The van der Waals surface area contributed by atoms with E-state index >= 15 is 0 Å². The van der Waals surface area contributed by atoms with Crippen LogP contribution in [0.3, 0.4) is 0 Å². The van der Waals surface area contributed by atoms with Crippen molar-refractivity contribution in [3.63, 3.8) is 0 Å². The van der Waals surface area contributed by atoms with Gasteiger partial charge in [0.05, 0.1) is 11.5 Å². The van der Waals surface area contributed by atoms with Crippen LogP contribution in [-0.4, -0.2) is 22.5 Å². The molecule has 0 aliphatic rings. The Bertz CT molecular complexity index is 469. The van der Waals surface area contributed by atoms with Crippen LogP contribution in [0.15, 0.2) is 24.3 Å². The van der Waals surface area contributed by atoms with Gasteiger partial charge in [0.2, 0.25) is 5.91 Å². The molecule has 0 saturated carbocycles. The zero-order valence-corrected chi connectivity index (χ0v) is 9.21. The number of hydrogen-bond acceptors (Lipinski definition) is 4. The van der Waals surface area contributed by atoms with E-state index in [1.807, 2.05) is 0 Å². The van der Waals surface area contributed by atoms with Gasteiger partial charge in [0.25, 0.3) is 5.69 Å². The summed E-state index contributed by atoms with van der Waals surface area (Å²) in [7, 11) is 0. The van der Waals surface area contributed by atoms with Crippen LogP contribution in [0, 0.1) is 10.1 Å². The molecule has 0 spiro atoms. The van der Waals surface area contributed by atoms with Gasteiger partial charge < -0.3 is 10.4 Å². The van der Waals surface area contributed by atoms with Gasteiger partial charge in [-0.15, -0.1) is 0 Å². The molecule has 90 valence electrons. The zero-order chi connectivity index (χ0) is 12.8. The third-order valence-corrected chi connectivity index (χ3v) is 1.94. The largest absolute Gasteiger partial charge is 0.392 e. The van der Waals surface area contributed by atoms with Gasteiger partial charge in [0, 0.05) is 13.0 Å². The number of nitro groups is 1. The first-order valence-electron chi connectivity index (χ1n) is 4.88. The van der Waals surface area contributed by atoms with E-state index in [1.165, 1.54) is 25.1 Å². The van der Waals surface area contributed by atoms with Gasteiger partial charge in [-0.25, -0.2) is 0 Å². The molecule has 1 aromatic carbocycles. The van der Waals surface area contributed by atoms with Crippen LogP contribution in [-0.2, 0) is 4.79 Å². The molecular weight excluding hydrogens is 224 g/mol. The van der Waals surface area contributed by atoms with E-state index in [1.54, 1.807) is 12.1 Å². The van der Waals surface area contributed by atoms with Crippen LogP contribution in [0.5, 0.6) is 0 Å². The fourth-order valence-corrected chi connectivity index (χ4v) is 1.29. The lowest BCUT2D eigenvalue weighted by Gasteiger charge is -2.04. The summed E-state index contributed by atoms with van der Waals surface area (Å²) in [5.41, 5.74) is 0.559. The molecule has 0 unspecified atom stereocenters. The molecule has 0 heterocycles. The van der Waals surface area contributed by atoms with Gasteiger partial charge in [0.1, 0.15) is 5.69 Å². The van der Waals surface area contributed by atoms with Gasteiger partial charge >= 0.3 is 0 Å². The van der Waals surface area contributed by atoms with Crippen LogP contribution in [0.2, 0.25) is 0 Å². The summed E-state index contributed by atoms with van der Waals surface area (Å²) < 4.78 is 0. The molecule has 1 aromatic rings. The normalized spacial score (nSPS) is 10.5. The highest BCUT2D eigenvalue weighted by atomic mass is 16.6. The number of nitrogens with zero attached hydrogens (tertiary/aromatic N) is 1. The predicted octanol–water partition coefficient (Wildman–Crippen LogP) is 1.56. The number of carbonyl (C=O) groups is 1. The van der Waals surface area contributed by atoms with E-state index < -0.39 is 4.92 Å². The van der Waals surface area contributed by atoms with Crippen molar-refractivity contribution in [2.24, 2.45) is 0 Å². The quantitative estimate of drug-likeness (QED) is 0.612. The number of aliphatic hydroxyl groups excluding tert-OH is 1. The van der Waals surface area contributed by atoms with Gasteiger partial charge in [0.15, 0.2) is 0 Å². The van der Waals surface area contributed by atoms with Crippen LogP contribution >= 0.6 is 0 Å². The Kier molecular flexibility index (Phi) is 4.36. The van der Waals surface area contributed by atoms with Crippen LogP contribution in [0.25, 0.3) is 6.08 Å². The summed E-state index contributed by atoms with van der Waals surface area (Å²) in [6, 6.07) is 4.40. The Morgan fingerprint density at radius 3 is 2.82 bits per heavy atom. The van der Waals surface area contributed by atoms with E-state index in [9.17, 15) is 14.9 Å². The minimum atomic E-state index is -0.568. The number of carbonyl (C=O) groups excluding carboxylic acids is 1. The van der Waals surface area contributed by atoms with E-state index in [0.29, 0.717) is 5.56 Å². The van der Waals surface area contributed by atoms with Crippen molar-refractivity contribution in [3.8, 4) is 0 Å². The third kappa shape index (κ3) is 3.69. The molecule has 0 fully saturated rings. The number of aliphatic hydroxyl groups is 1. The molecule has 1 rings (SSSR count). The Morgan fingerprint density at radius 1 is 1.59 bits per heavy atom. The van der Waals surface area contributed by atoms with Crippen molar-refractivity contribution in [1.29, 1.82) is 0 Å². The van der Waals surface area contributed by atoms with Crippen molar-refractivity contribution in [3.05, 3.63) is 40.0 Å². The van der Waals surface area contributed by atoms with Crippen molar-refractivity contribution < 1.29 is 14.8 Å². The summed E-state index contributed by atoms with van der Waals surface area (Å²) in [6.07, 6.45) is 3.03. The number of nitrogens with one attached hydrogen (secondary N) is 1. The average Bonchev–Trinajstić information content (AvgIpc) is 2.26. The number of nitro benzene ring substituents is 1. The lowest BCUT2D eigenvalue weighted by molar-refractivity contribution is -0.383. The fourth-order valence-electron chi connectivity index (χ4n) is 1.29. The molecule has 0 aliphatic carbocycles. The first kappa shape index (κ1) is 12.9. The smallest absolute Gasteiger partial charge is 0.293 e. The van der Waals surface area contributed by atoms with Crippen molar-refractivity contribution in [1.82, 2.24) is 0 Å². The summed E-state index contributed by atoms with van der Waals surface area (Å²) in [5.74, 6) is -0.369. The number of hydrogen-bond donors (Lipinski definition) is 2. The second-order valence-corrected chi connectivity index (χ2v) is 3.30. The summed E-state index contributed by atoms with van der Waals surface area (Å²) in [6.45, 7) is 1.14. The Balaban J connectivity index is 3.12. The zero-order valence-electron chi connectivity index (χ0n) is 9.21. The number of rotatable bonds is 4. The topological polar surface area (TPSA) is 92.5 Å². The van der Waals surface area contributed by atoms with Gasteiger partial charge in [-0.1, -0.05) is 18.2 Å². The van der Waals surface area contributed by atoms with Crippen LogP contribution in [0.1, 0.15) is 12.5 Å². The van der Waals surface area contributed by atoms with Crippen LogP contribution < -0.4 is 5.32 Å². The predicted molar refractivity (Wildman–Crippen MR) is 63.5 cm³/mol. The average molecular weight is 236 g/mol. The van der Waals surface area contributed by atoms with Crippen molar-refractivity contribution in [2.45, 2.75) is 6.92 Å². The van der Waals surface area contributed by atoms with E-state index in [2.05, 4.69) is 5.32 Å². The van der Waals surface area contributed by atoms with Crippen LogP contribution in [0.4, 0.5) is 11.4 Å². The molecule has 0 aliphatic heterocycles. The highest BCUT2D eigenvalue weighted by molar-refractivity contribution is 5.91. The van der Waals surface area contributed by atoms with Gasteiger partial charge in [-0.3, -0.25) is 14.9 Å². The maximum Gasteiger partial charge on any atom is 0.293 e. The standard InChI is InChI=1S/C11H12N2O4/c1-8(15)12-10-5-4-9(3-2-6-14)7-11(10)13(16)17/h2-5,7,14H,6H2,1H3,(H,12,15).